The fourth-order valence-electron chi connectivity index (χ4n) is 2.43. The van der Waals surface area contributed by atoms with Crippen LogP contribution in [0.4, 0.5) is 5.69 Å². The molecular weight excluding hydrogens is 230 g/mol. The zero-order valence-corrected chi connectivity index (χ0v) is 10.5. The smallest absolute Gasteiger partial charge is 0.336 e. The predicted molar refractivity (Wildman–Crippen MR) is 69.0 cm³/mol. The molecule has 1 N–H and O–H groups in total. The van der Waals surface area contributed by atoms with Gasteiger partial charge in [0.1, 0.15) is 0 Å². The van der Waals surface area contributed by atoms with Crippen LogP contribution in [-0.2, 0) is 11.2 Å². The highest BCUT2D eigenvalue weighted by molar-refractivity contribution is 5.98. The van der Waals surface area contributed by atoms with Gasteiger partial charge in [0, 0.05) is 18.7 Å². The van der Waals surface area contributed by atoms with E-state index in [-0.39, 0.29) is 5.91 Å². The minimum Gasteiger partial charge on any atom is -0.478 e. The highest BCUT2D eigenvalue weighted by Gasteiger charge is 2.25. The third-order valence-electron chi connectivity index (χ3n) is 3.25. The number of anilines is 1. The molecule has 0 aliphatic carbocycles. The number of carbonyl (C=O) groups is 2. The molecule has 0 atom stereocenters. The lowest BCUT2D eigenvalue weighted by Crippen LogP contribution is -2.35. The van der Waals surface area contributed by atoms with Gasteiger partial charge in [-0.15, -0.1) is 0 Å². The summed E-state index contributed by atoms with van der Waals surface area (Å²) < 4.78 is 0. The fraction of sp³-hybridized carbons (Fsp3) is 0.429. The summed E-state index contributed by atoms with van der Waals surface area (Å²) in [6, 6.07) is 5.16. The molecule has 0 bridgehead atoms. The first-order valence-corrected chi connectivity index (χ1v) is 6.30. The van der Waals surface area contributed by atoms with Crippen LogP contribution in [0.15, 0.2) is 18.2 Å². The Hall–Kier alpha value is -1.84. The van der Waals surface area contributed by atoms with Crippen LogP contribution < -0.4 is 4.90 Å². The van der Waals surface area contributed by atoms with Crippen molar-refractivity contribution in [1.82, 2.24) is 0 Å². The minimum absolute atomic E-state index is 0.0842. The number of amides is 1. The van der Waals surface area contributed by atoms with Crippen molar-refractivity contribution in [1.29, 1.82) is 0 Å². The lowest BCUT2D eigenvalue weighted by atomic mass is 9.96. The summed E-state index contributed by atoms with van der Waals surface area (Å²) in [4.78, 5) is 24.9. The monoisotopic (exact) mass is 247 g/mol. The van der Waals surface area contributed by atoms with E-state index in [1.807, 2.05) is 13.0 Å². The van der Waals surface area contributed by atoms with Gasteiger partial charge in [-0.05, 0) is 37.0 Å². The Balaban J connectivity index is 2.41. The molecule has 1 aliphatic heterocycles. The Bertz CT molecular complexity index is 482. The molecule has 0 saturated carbocycles. The van der Waals surface area contributed by atoms with Crippen molar-refractivity contribution in [3.8, 4) is 0 Å². The summed E-state index contributed by atoms with van der Waals surface area (Å²) in [6.45, 7) is 2.66. The summed E-state index contributed by atoms with van der Waals surface area (Å²) in [5.74, 6) is -0.836. The fourth-order valence-corrected chi connectivity index (χ4v) is 2.43. The molecule has 2 rings (SSSR count). The minimum atomic E-state index is -0.920. The molecule has 0 spiro atoms. The summed E-state index contributed by atoms with van der Waals surface area (Å²) in [5.41, 5.74) is 1.89. The Labute approximate surface area is 106 Å². The maximum atomic E-state index is 12.0. The van der Waals surface area contributed by atoms with Crippen LogP contribution in [-0.4, -0.2) is 23.5 Å². The van der Waals surface area contributed by atoms with Crippen molar-refractivity contribution >= 4 is 17.6 Å². The van der Waals surface area contributed by atoms with E-state index < -0.39 is 5.97 Å². The molecule has 96 valence electrons. The maximum absolute atomic E-state index is 12.0. The maximum Gasteiger partial charge on any atom is 0.336 e. The van der Waals surface area contributed by atoms with E-state index in [9.17, 15) is 9.59 Å². The van der Waals surface area contributed by atoms with Crippen LogP contribution in [0.2, 0.25) is 0 Å². The first kappa shape index (κ1) is 12.6. The molecular formula is C14H17NO3. The summed E-state index contributed by atoms with van der Waals surface area (Å²) >= 11 is 0. The number of carboxylic acids is 1. The number of rotatable bonds is 3. The number of hydrogen-bond acceptors (Lipinski definition) is 2. The number of benzene rings is 1. The first-order chi connectivity index (χ1) is 8.65. The standard InChI is InChI=1S/C14H17NO3/c1-2-5-13(16)15-9-4-7-10-11(14(17)18)6-3-8-12(10)15/h3,6,8H,2,4-5,7,9H2,1H3,(H,17,18). The lowest BCUT2D eigenvalue weighted by Gasteiger charge is -2.30. The molecule has 1 heterocycles. The Morgan fingerprint density at radius 1 is 1.39 bits per heavy atom. The third-order valence-corrected chi connectivity index (χ3v) is 3.25. The molecule has 18 heavy (non-hydrogen) atoms. The normalized spacial score (nSPS) is 14.2. The zero-order valence-electron chi connectivity index (χ0n) is 10.5. The van der Waals surface area contributed by atoms with Crippen molar-refractivity contribution in [3.05, 3.63) is 29.3 Å². The molecule has 1 aromatic rings. The molecule has 4 heteroatoms. The van der Waals surface area contributed by atoms with Gasteiger partial charge in [-0.25, -0.2) is 4.79 Å². The van der Waals surface area contributed by atoms with Crippen LogP contribution in [0.5, 0.6) is 0 Å². The van der Waals surface area contributed by atoms with Gasteiger partial charge >= 0.3 is 5.97 Å². The highest BCUT2D eigenvalue weighted by atomic mass is 16.4. The van der Waals surface area contributed by atoms with Gasteiger partial charge in [0.2, 0.25) is 5.91 Å². The van der Waals surface area contributed by atoms with Crippen molar-refractivity contribution in [3.63, 3.8) is 0 Å². The number of fused-ring (bicyclic) bond motifs is 1. The van der Waals surface area contributed by atoms with Crippen LogP contribution in [0.1, 0.15) is 42.1 Å². The molecule has 1 amide bonds. The van der Waals surface area contributed by atoms with Crippen LogP contribution in [0.25, 0.3) is 0 Å². The van der Waals surface area contributed by atoms with Crippen molar-refractivity contribution in [2.24, 2.45) is 0 Å². The van der Waals surface area contributed by atoms with Gasteiger partial charge in [-0.1, -0.05) is 13.0 Å². The molecule has 1 aliphatic rings. The van der Waals surface area contributed by atoms with E-state index in [0.717, 1.165) is 30.5 Å². The van der Waals surface area contributed by atoms with E-state index in [1.54, 1.807) is 17.0 Å². The first-order valence-electron chi connectivity index (χ1n) is 6.30. The van der Waals surface area contributed by atoms with Crippen LogP contribution >= 0.6 is 0 Å². The summed E-state index contributed by atoms with van der Waals surface area (Å²) in [5, 5.41) is 9.17. The van der Waals surface area contributed by atoms with Gasteiger partial charge < -0.3 is 10.0 Å². The number of hydrogen-bond donors (Lipinski definition) is 1. The van der Waals surface area contributed by atoms with Crippen molar-refractivity contribution in [2.45, 2.75) is 32.6 Å². The van der Waals surface area contributed by atoms with Gasteiger partial charge in [-0.3, -0.25) is 4.79 Å². The van der Waals surface area contributed by atoms with Gasteiger partial charge in [-0.2, -0.15) is 0 Å². The molecule has 0 fully saturated rings. The van der Waals surface area contributed by atoms with E-state index >= 15 is 0 Å². The molecule has 0 radical (unpaired) electrons. The van der Waals surface area contributed by atoms with E-state index in [0.29, 0.717) is 18.5 Å². The number of carboxylic acid groups (broad SMARTS) is 1. The molecule has 0 aromatic heterocycles. The van der Waals surface area contributed by atoms with Gasteiger partial charge in [0.25, 0.3) is 0 Å². The molecule has 1 aromatic carbocycles. The van der Waals surface area contributed by atoms with Crippen LogP contribution in [0.3, 0.4) is 0 Å². The lowest BCUT2D eigenvalue weighted by molar-refractivity contribution is -0.118. The SMILES string of the molecule is CCCC(=O)N1CCCc2c(C(=O)O)cccc21. The largest absolute Gasteiger partial charge is 0.478 e. The summed E-state index contributed by atoms with van der Waals surface area (Å²) in [7, 11) is 0. The van der Waals surface area contributed by atoms with Crippen LogP contribution in [0, 0.1) is 0 Å². The summed E-state index contributed by atoms with van der Waals surface area (Å²) in [6.07, 6.45) is 2.88. The quantitative estimate of drug-likeness (QED) is 0.892. The molecule has 0 unspecified atom stereocenters. The topological polar surface area (TPSA) is 57.6 Å². The van der Waals surface area contributed by atoms with E-state index in [2.05, 4.69) is 0 Å². The average molecular weight is 247 g/mol. The molecule has 4 nitrogen and oxygen atoms in total. The third kappa shape index (κ3) is 2.23. The van der Waals surface area contributed by atoms with Crippen molar-refractivity contribution < 1.29 is 14.7 Å². The van der Waals surface area contributed by atoms with E-state index in [4.69, 9.17) is 5.11 Å². The van der Waals surface area contributed by atoms with Gasteiger partial charge in [0.05, 0.1) is 5.56 Å². The average Bonchev–Trinajstić information content (AvgIpc) is 2.37. The number of carbonyl (C=O) groups excluding carboxylic acids is 1. The predicted octanol–water partition coefficient (Wildman–Crippen LogP) is 2.46. The Morgan fingerprint density at radius 2 is 2.17 bits per heavy atom. The Morgan fingerprint density at radius 3 is 2.83 bits per heavy atom. The van der Waals surface area contributed by atoms with Crippen molar-refractivity contribution in [2.75, 3.05) is 11.4 Å². The van der Waals surface area contributed by atoms with Gasteiger partial charge in [0.15, 0.2) is 0 Å². The second kappa shape index (κ2) is 5.21. The number of nitrogens with zero attached hydrogens (tertiary/aromatic N) is 1. The Kier molecular flexibility index (Phi) is 3.65. The molecule has 0 saturated heterocycles. The second-order valence-electron chi connectivity index (χ2n) is 4.51. The zero-order chi connectivity index (χ0) is 13.1. The van der Waals surface area contributed by atoms with E-state index in [1.165, 1.54) is 0 Å². The highest BCUT2D eigenvalue weighted by Crippen LogP contribution is 2.30. The number of aromatic carboxylic acids is 1. The second-order valence-corrected chi connectivity index (χ2v) is 4.51.